The van der Waals surface area contributed by atoms with Crippen LogP contribution in [0.5, 0.6) is 5.75 Å². The summed E-state index contributed by atoms with van der Waals surface area (Å²) in [6.45, 7) is 5.63. The van der Waals surface area contributed by atoms with Gasteiger partial charge in [-0.1, -0.05) is 52.7 Å². The van der Waals surface area contributed by atoms with Gasteiger partial charge < -0.3 is 10.1 Å². The van der Waals surface area contributed by atoms with Gasteiger partial charge in [-0.25, -0.2) is 0 Å². The van der Waals surface area contributed by atoms with Gasteiger partial charge in [0.2, 0.25) is 0 Å². The highest BCUT2D eigenvalue weighted by molar-refractivity contribution is 9.10. The van der Waals surface area contributed by atoms with Crippen LogP contribution in [0.2, 0.25) is 5.02 Å². The molecule has 1 N–H and O–H groups in total. The summed E-state index contributed by atoms with van der Waals surface area (Å²) < 4.78 is 6.60. The largest absolute Gasteiger partial charge is 0.494 e. The molecule has 0 radical (unpaired) electrons. The molecule has 1 unspecified atom stereocenters. The van der Waals surface area contributed by atoms with E-state index < -0.39 is 0 Å². The van der Waals surface area contributed by atoms with Crippen LogP contribution in [0.15, 0.2) is 46.9 Å². The third-order valence-corrected chi connectivity index (χ3v) is 4.11. The molecule has 0 aliphatic heterocycles. The molecule has 1 atom stereocenters. The van der Waals surface area contributed by atoms with Crippen LogP contribution in [0.3, 0.4) is 0 Å². The standard InChI is InChI=1S/C17H19BrClNO/c1-3-20-17(15-9-8-13(19)11-16(15)18)12-6-5-7-14(10-12)21-4-2/h5-11,17,20H,3-4H2,1-2H3. The molecule has 0 bridgehead atoms. The van der Waals surface area contributed by atoms with E-state index in [4.69, 9.17) is 16.3 Å². The van der Waals surface area contributed by atoms with Gasteiger partial charge in [0.15, 0.2) is 0 Å². The Kier molecular flexibility index (Phi) is 6.09. The molecule has 0 amide bonds. The molecule has 0 aliphatic rings. The summed E-state index contributed by atoms with van der Waals surface area (Å²) in [7, 11) is 0. The molecular formula is C17H19BrClNO. The number of hydrogen-bond donors (Lipinski definition) is 1. The number of nitrogens with one attached hydrogen (secondary N) is 1. The maximum Gasteiger partial charge on any atom is 0.119 e. The smallest absolute Gasteiger partial charge is 0.119 e. The summed E-state index contributed by atoms with van der Waals surface area (Å²) in [6, 6.07) is 14.2. The maximum absolute atomic E-state index is 6.04. The fraction of sp³-hybridized carbons (Fsp3) is 0.294. The highest BCUT2D eigenvalue weighted by Gasteiger charge is 2.16. The SMILES string of the molecule is CCNC(c1cccc(OCC)c1)c1ccc(Cl)cc1Br. The van der Waals surface area contributed by atoms with Crippen molar-refractivity contribution in [3.8, 4) is 5.75 Å². The van der Waals surface area contributed by atoms with Crippen LogP contribution >= 0.6 is 27.5 Å². The Morgan fingerprint density at radius 2 is 2.00 bits per heavy atom. The van der Waals surface area contributed by atoms with E-state index in [0.717, 1.165) is 27.4 Å². The first kappa shape index (κ1) is 16.3. The molecule has 0 spiro atoms. The van der Waals surface area contributed by atoms with Crippen LogP contribution < -0.4 is 10.1 Å². The predicted octanol–water partition coefficient (Wildman–Crippen LogP) is 5.20. The number of halogens is 2. The van der Waals surface area contributed by atoms with E-state index in [9.17, 15) is 0 Å². The second-order valence-corrected chi connectivity index (χ2v) is 5.95. The third kappa shape index (κ3) is 4.22. The lowest BCUT2D eigenvalue weighted by Crippen LogP contribution is -2.22. The minimum absolute atomic E-state index is 0.0991. The Hall–Kier alpha value is -1.03. The molecule has 0 heterocycles. The zero-order valence-corrected chi connectivity index (χ0v) is 14.5. The van der Waals surface area contributed by atoms with Crippen molar-refractivity contribution in [2.24, 2.45) is 0 Å². The summed E-state index contributed by atoms with van der Waals surface area (Å²) in [5.41, 5.74) is 2.33. The fourth-order valence-electron chi connectivity index (χ4n) is 2.30. The number of benzene rings is 2. The Labute approximate surface area is 139 Å². The predicted molar refractivity (Wildman–Crippen MR) is 92.3 cm³/mol. The molecule has 0 saturated carbocycles. The highest BCUT2D eigenvalue weighted by Crippen LogP contribution is 2.32. The summed E-state index contributed by atoms with van der Waals surface area (Å²) in [4.78, 5) is 0. The monoisotopic (exact) mass is 367 g/mol. The topological polar surface area (TPSA) is 21.3 Å². The first-order valence-electron chi connectivity index (χ1n) is 7.06. The number of rotatable bonds is 6. The lowest BCUT2D eigenvalue weighted by Gasteiger charge is -2.21. The molecule has 21 heavy (non-hydrogen) atoms. The van der Waals surface area contributed by atoms with Crippen LogP contribution in [0.25, 0.3) is 0 Å². The van der Waals surface area contributed by atoms with Gasteiger partial charge in [0.1, 0.15) is 5.75 Å². The van der Waals surface area contributed by atoms with E-state index in [1.54, 1.807) is 0 Å². The van der Waals surface area contributed by atoms with Crippen LogP contribution in [0.4, 0.5) is 0 Å². The minimum atomic E-state index is 0.0991. The van der Waals surface area contributed by atoms with E-state index in [1.165, 1.54) is 5.56 Å². The van der Waals surface area contributed by atoms with Crippen molar-refractivity contribution in [1.82, 2.24) is 5.32 Å². The molecule has 2 nitrogen and oxygen atoms in total. The normalized spacial score (nSPS) is 12.2. The van der Waals surface area contributed by atoms with E-state index >= 15 is 0 Å². The van der Waals surface area contributed by atoms with Crippen LogP contribution in [-0.4, -0.2) is 13.2 Å². The molecule has 0 aliphatic carbocycles. The van der Waals surface area contributed by atoms with E-state index in [0.29, 0.717) is 6.61 Å². The average Bonchev–Trinajstić information content (AvgIpc) is 2.46. The Morgan fingerprint density at radius 1 is 1.19 bits per heavy atom. The fourth-order valence-corrected chi connectivity index (χ4v) is 3.21. The maximum atomic E-state index is 6.04. The second kappa shape index (κ2) is 7.83. The molecule has 4 heteroatoms. The number of hydrogen-bond acceptors (Lipinski definition) is 2. The Morgan fingerprint density at radius 3 is 2.67 bits per heavy atom. The highest BCUT2D eigenvalue weighted by atomic mass is 79.9. The first-order chi connectivity index (χ1) is 10.2. The van der Waals surface area contributed by atoms with E-state index in [1.807, 2.05) is 37.3 Å². The van der Waals surface area contributed by atoms with Gasteiger partial charge in [0.25, 0.3) is 0 Å². The summed E-state index contributed by atoms with van der Waals surface area (Å²) in [5, 5.41) is 4.24. The summed E-state index contributed by atoms with van der Waals surface area (Å²) in [6.07, 6.45) is 0. The van der Waals surface area contributed by atoms with Crippen molar-refractivity contribution < 1.29 is 4.74 Å². The zero-order chi connectivity index (χ0) is 15.2. The van der Waals surface area contributed by atoms with Gasteiger partial charge >= 0.3 is 0 Å². The van der Waals surface area contributed by atoms with E-state index in [-0.39, 0.29) is 6.04 Å². The van der Waals surface area contributed by atoms with Gasteiger partial charge in [0.05, 0.1) is 12.6 Å². The average molecular weight is 369 g/mol. The van der Waals surface area contributed by atoms with Gasteiger partial charge in [-0.05, 0) is 48.9 Å². The second-order valence-electron chi connectivity index (χ2n) is 4.66. The van der Waals surface area contributed by atoms with Crippen LogP contribution in [0.1, 0.15) is 31.0 Å². The van der Waals surface area contributed by atoms with Gasteiger partial charge in [-0.15, -0.1) is 0 Å². The van der Waals surface area contributed by atoms with Crippen molar-refractivity contribution in [2.45, 2.75) is 19.9 Å². The molecular weight excluding hydrogens is 350 g/mol. The lowest BCUT2D eigenvalue weighted by atomic mass is 9.98. The first-order valence-corrected chi connectivity index (χ1v) is 8.23. The van der Waals surface area contributed by atoms with Gasteiger partial charge in [-0.2, -0.15) is 0 Å². The van der Waals surface area contributed by atoms with Crippen molar-refractivity contribution in [1.29, 1.82) is 0 Å². The summed E-state index contributed by atoms with van der Waals surface area (Å²) in [5.74, 6) is 0.892. The molecule has 2 aromatic carbocycles. The number of ether oxygens (including phenoxy) is 1. The Balaban J connectivity index is 2.40. The molecule has 2 rings (SSSR count). The third-order valence-electron chi connectivity index (χ3n) is 3.18. The van der Waals surface area contributed by atoms with Crippen molar-refractivity contribution >= 4 is 27.5 Å². The van der Waals surface area contributed by atoms with Crippen molar-refractivity contribution in [2.75, 3.05) is 13.2 Å². The minimum Gasteiger partial charge on any atom is -0.494 e. The quantitative estimate of drug-likeness (QED) is 0.756. The van der Waals surface area contributed by atoms with Crippen LogP contribution in [-0.2, 0) is 0 Å². The van der Waals surface area contributed by atoms with Gasteiger partial charge in [0, 0.05) is 9.50 Å². The van der Waals surface area contributed by atoms with Crippen molar-refractivity contribution in [3.63, 3.8) is 0 Å². The van der Waals surface area contributed by atoms with Crippen LogP contribution in [0, 0.1) is 0 Å². The Bertz CT molecular complexity index is 603. The van der Waals surface area contributed by atoms with E-state index in [2.05, 4.69) is 40.3 Å². The lowest BCUT2D eigenvalue weighted by molar-refractivity contribution is 0.339. The van der Waals surface area contributed by atoms with Crippen molar-refractivity contribution in [3.05, 3.63) is 63.1 Å². The zero-order valence-electron chi connectivity index (χ0n) is 12.2. The molecule has 0 aromatic heterocycles. The molecule has 0 fully saturated rings. The molecule has 112 valence electrons. The molecule has 0 saturated heterocycles. The summed E-state index contributed by atoms with van der Waals surface area (Å²) >= 11 is 9.65. The van der Waals surface area contributed by atoms with Gasteiger partial charge in [-0.3, -0.25) is 0 Å². The molecule has 2 aromatic rings.